The Labute approximate surface area is 116 Å². The average Bonchev–Trinajstić information content (AvgIpc) is 2.83. The van der Waals surface area contributed by atoms with Crippen molar-refractivity contribution in [2.45, 2.75) is 31.7 Å². The molecule has 0 aliphatic heterocycles. The maximum Gasteiger partial charge on any atom is 0.287 e. The summed E-state index contributed by atoms with van der Waals surface area (Å²) in [4.78, 5) is 26.9. The van der Waals surface area contributed by atoms with Crippen molar-refractivity contribution in [1.29, 1.82) is 0 Å². The number of ketones is 1. The van der Waals surface area contributed by atoms with Crippen molar-refractivity contribution >= 4 is 11.5 Å². The number of carbonyl (C=O) groups excluding carboxylic acids is 1. The molecule has 0 radical (unpaired) electrons. The second-order valence-electron chi connectivity index (χ2n) is 5.08. The molecule has 1 heterocycles. The van der Waals surface area contributed by atoms with Crippen LogP contribution in [0.15, 0.2) is 12.3 Å². The van der Waals surface area contributed by atoms with Crippen LogP contribution in [0.3, 0.4) is 0 Å². The predicted octanol–water partition coefficient (Wildman–Crippen LogP) is 1.34. The minimum atomic E-state index is -0.525. The van der Waals surface area contributed by atoms with E-state index in [-0.39, 0.29) is 30.3 Å². The predicted molar refractivity (Wildman–Crippen MR) is 72.7 cm³/mol. The van der Waals surface area contributed by atoms with E-state index in [4.69, 9.17) is 5.11 Å². The van der Waals surface area contributed by atoms with E-state index in [1.807, 2.05) is 0 Å². The average molecular weight is 281 g/mol. The number of nitro groups is 1. The Morgan fingerprint density at radius 2 is 2.30 bits per heavy atom. The Hall–Kier alpha value is -1.73. The summed E-state index contributed by atoms with van der Waals surface area (Å²) >= 11 is 0. The van der Waals surface area contributed by atoms with Crippen LogP contribution in [-0.2, 0) is 0 Å². The van der Waals surface area contributed by atoms with Crippen molar-refractivity contribution < 1.29 is 14.8 Å². The van der Waals surface area contributed by atoms with Crippen LogP contribution in [0, 0.1) is 10.1 Å². The first-order valence-corrected chi connectivity index (χ1v) is 6.82. The SMILES string of the molecule is O=C(CN(CCCO)C1CCC1)c1cc([N+](=O)[O-])c[nH]1. The lowest BCUT2D eigenvalue weighted by Crippen LogP contribution is -2.43. The monoisotopic (exact) mass is 281 g/mol. The summed E-state index contributed by atoms with van der Waals surface area (Å²) in [7, 11) is 0. The number of aliphatic hydroxyl groups is 1. The molecule has 0 unspecified atom stereocenters. The van der Waals surface area contributed by atoms with Crippen molar-refractivity contribution in [2.75, 3.05) is 19.7 Å². The smallest absolute Gasteiger partial charge is 0.287 e. The lowest BCUT2D eigenvalue weighted by Gasteiger charge is -2.37. The number of aliphatic hydroxyl groups excluding tert-OH is 1. The van der Waals surface area contributed by atoms with Gasteiger partial charge >= 0.3 is 0 Å². The van der Waals surface area contributed by atoms with Gasteiger partial charge in [0.15, 0.2) is 5.78 Å². The summed E-state index contributed by atoms with van der Waals surface area (Å²) < 4.78 is 0. The zero-order chi connectivity index (χ0) is 14.5. The quantitative estimate of drug-likeness (QED) is 0.425. The highest BCUT2D eigenvalue weighted by Crippen LogP contribution is 2.25. The minimum absolute atomic E-state index is 0.0982. The molecule has 1 aromatic rings. The molecular formula is C13H19N3O4. The lowest BCUT2D eigenvalue weighted by atomic mass is 9.91. The number of H-pyrrole nitrogens is 1. The molecule has 0 amide bonds. The first-order chi connectivity index (χ1) is 9.61. The molecule has 1 aliphatic carbocycles. The molecule has 7 heteroatoms. The first-order valence-electron chi connectivity index (χ1n) is 6.82. The number of carbonyl (C=O) groups is 1. The molecule has 0 spiro atoms. The lowest BCUT2D eigenvalue weighted by molar-refractivity contribution is -0.384. The standard InChI is InChI=1S/C13H19N3O4/c17-6-2-5-15(10-3-1-4-10)9-13(18)12-7-11(8-14-12)16(19)20/h7-8,10,14,17H,1-6,9H2. The second kappa shape index (κ2) is 6.62. The molecule has 0 atom stereocenters. The fourth-order valence-corrected chi connectivity index (χ4v) is 2.34. The van der Waals surface area contributed by atoms with E-state index < -0.39 is 4.92 Å². The Morgan fingerprint density at radius 1 is 1.55 bits per heavy atom. The van der Waals surface area contributed by atoms with Crippen molar-refractivity contribution in [3.8, 4) is 0 Å². The Bertz CT molecular complexity index is 482. The summed E-state index contributed by atoms with van der Waals surface area (Å²) in [6.07, 6.45) is 5.18. The van der Waals surface area contributed by atoms with E-state index >= 15 is 0 Å². The molecule has 1 aliphatic rings. The van der Waals surface area contributed by atoms with E-state index in [1.54, 1.807) is 0 Å². The van der Waals surface area contributed by atoms with Gasteiger partial charge in [-0.15, -0.1) is 0 Å². The Morgan fingerprint density at radius 3 is 2.80 bits per heavy atom. The fraction of sp³-hybridized carbons (Fsp3) is 0.615. The van der Waals surface area contributed by atoms with Crippen LogP contribution in [-0.4, -0.2) is 51.4 Å². The molecule has 1 aromatic heterocycles. The molecule has 1 fully saturated rings. The molecule has 7 nitrogen and oxygen atoms in total. The Balaban J connectivity index is 1.97. The number of rotatable bonds is 8. The van der Waals surface area contributed by atoms with Gasteiger partial charge in [-0.1, -0.05) is 6.42 Å². The highest BCUT2D eigenvalue weighted by Gasteiger charge is 2.27. The third kappa shape index (κ3) is 3.43. The molecule has 0 bridgehead atoms. The van der Waals surface area contributed by atoms with Gasteiger partial charge in [-0.05, 0) is 19.3 Å². The highest BCUT2D eigenvalue weighted by atomic mass is 16.6. The van der Waals surface area contributed by atoms with E-state index in [9.17, 15) is 14.9 Å². The van der Waals surface area contributed by atoms with Crippen molar-refractivity contribution in [1.82, 2.24) is 9.88 Å². The fourth-order valence-electron chi connectivity index (χ4n) is 2.34. The molecule has 0 aromatic carbocycles. The Kier molecular flexibility index (Phi) is 4.86. The van der Waals surface area contributed by atoms with Crippen molar-refractivity contribution in [2.24, 2.45) is 0 Å². The van der Waals surface area contributed by atoms with E-state index in [1.165, 1.54) is 18.7 Å². The first kappa shape index (κ1) is 14.7. The minimum Gasteiger partial charge on any atom is -0.396 e. The summed E-state index contributed by atoms with van der Waals surface area (Å²) in [5, 5.41) is 19.5. The van der Waals surface area contributed by atoms with Gasteiger partial charge in [0, 0.05) is 25.3 Å². The van der Waals surface area contributed by atoms with Gasteiger partial charge in [-0.25, -0.2) is 0 Å². The molecule has 2 N–H and O–H groups in total. The van der Waals surface area contributed by atoms with Gasteiger partial charge < -0.3 is 10.1 Å². The number of nitrogens with one attached hydrogen (secondary N) is 1. The topological polar surface area (TPSA) is 99.5 Å². The number of aromatic nitrogens is 1. The summed E-state index contributed by atoms with van der Waals surface area (Å²) in [5.74, 6) is -0.150. The third-order valence-electron chi connectivity index (χ3n) is 3.72. The van der Waals surface area contributed by atoms with Crippen molar-refractivity contribution in [3.05, 3.63) is 28.1 Å². The molecule has 20 heavy (non-hydrogen) atoms. The molecule has 110 valence electrons. The van der Waals surface area contributed by atoms with Gasteiger partial charge in [-0.3, -0.25) is 19.8 Å². The molecular weight excluding hydrogens is 262 g/mol. The summed E-state index contributed by atoms with van der Waals surface area (Å²) in [6, 6.07) is 1.67. The van der Waals surface area contributed by atoms with Crippen LogP contribution in [0.25, 0.3) is 0 Å². The van der Waals surface area contributed by atoms with Gasteiger partial charge in [0.1, 0.15) is 0 Å². The van der Waals surface area contributed by atoms with E-state index in [2.05, 4.69) is 9.88 Å². The molecule has 1 saturated carbocycles. The number of Topliss-reactive ketones (excluding diaryl/α,β-unsaturated/α-hetero) is 1. The van der Waals surface area contributed by atoms with Gasteiger partial charge in [0.25, 0.3) is 5.69 Å². The number of hydrogen-bond acceptors (Lipinski definition) is 5. The van der Waals surface area contributed by atoms with Gasteiger partial charge in [-0.2, -0.15) is 0 Å². The van der Waals surface area contributed by atoms with Crippen molar-refractivity contribution in [3.63, 3.8) is 0 Å². The highest BCUT2D eigenvalue weighted by molar-refractivity contribution is 5.96. The second-order valence-corrected chi connectivity index (χ2v) is 5.08. The van der Waals surface area contributed by atoms with E-state index in [0.717, 1.165) is 12.8 Å². The summed E-state index contributed by atoms with van der Waals surface area (Å²) in [5.41, 5.74) is 0.170. The third-order valence-corrected chi connectivity index (χ3v) is 3.72. The molecule has 2 rings (SSSR count). The zero-order valence-corrected chi connectivity index (χ0v) is 11.2. The maximum absolute atomic E-state index is 12.1. The van der Waals surface area contributed by atoms with Crippen LogP contribution >= 0.6 is 0 Å². The number of aromatic amines is 1. The normalized spacial score (nSPS) is 15.3. The van der Waals surface area contributed by atoms with Crippen LogP contribution in [0.1, 0.15) is 36.2 Å². The zero-order valence-electron chi connectivity index (χ0n) is 11.2. The van der Waals surface area contributed by atoms with E-state index in [0.29, 0.717) is 19.0 Å². The largest absolute Gasteiger partial charge is 0.396 e. The number of nitrogens with zero attached hydrogens (tertiary/aromatic N) is 2. The number of hydrogen-bond donors (Lipinski definition) is 2. The van der Waals surface area contributed by atoms with Crippen LogP contribution in [0.2, 0.25) is 0 Å². The van der Waals surface area contributed by atoms with Gasteiger partial charge in [0.2, 0.25) is 0 Å². The van der Waals surface area contributed by atoms with Gasteiger partial charge in [0.05, 0.1) is 23.4 Å². The van der Waals surface area contributed by atoms with Crippen LogP contribution in [0.4, 0.5) is 5.69 Å². The maximum atomic E-state index is 12.1. The molecule has 0 saturated heterocycles. The summed E-state index contributed by atoms with van der Waals surface area (Å²) in [6.45, 7) is 1.02. The van der Waals surface area contributed by atoms with Crippen LogP contribution in [0.5, 0.6) is 0 Å². The van der Waals surface area contributed by atoms with Crippen LogP contribution < -0.4 is 0 Å².